The van der Waals surface area contributed by atoms with Crippen molar-refractivity contribution in [3.05, 3.63) is 66.0 Å². The van der Waals surface area contributed by atoms with Crippen molar-refractivity contribution in [1.29, 1.82) is 0 Å². The third-order valence-corrected chi connectivity index (χ3v) is 6.69. The summed E-state index contributed by atoms with van der Waals surface area (Å²) >= 11 is 0. The molecule has 0 radical (unpaired) electrons. The molecule has 6 nitrogen and oxygen atoms in total. The highest BCUT2D eigenvalue weighted by Crippen LogP contribution is 2.35. The lowest BCUT2D eigenvalue weighted by molar-refractivity contribution is 0.372. The van der Waals surface area contributed by atoms with Gasteiger partial charge in [-0.3, -0.25) is 0 Å². The van der Waals surface area contributed by atoms with Crippen molar-refractivity contribution in [2.75, 3.05) is 0 Å². The maximum atomic E-state index is 12.8. The lowest BCUT2D eigenvalue weighted by Crippen LogP contribution is -2.34. The number of hydrogen-bond donors (Lipinski definition) is 1. The highest BCUT2D eigenvalue weighted by Gasteiger charge is 2.36. The highest BCUT2D eigenvalue weighted by atomic mass is 32.2. The van der Waals surface area contributed by atoms with Gasteiger partial charge < -0.3 is 10.3 Å². The summed E-state index contributed by atoms with van der Waals surface area (Å²) in [6, 6.07) is 15.7. The fourth-order valence-electron chi connectivity index (χ4n) is 3.47. The van der Waals surface area contributed by atoms with Gasteiger partial charge in [0.25, 0.3) is 5.89 Å². The Morgan fingerprint density at radius 2 is 1.78 bits per heavy atom. The Hall–Kier alpha value is -2.51. The van der Waals surface area contributed by atoms with Crippen molar-refractivity contribution in [3.8, 4) is 11.5 Å². The Morgan fingerprint density at radius 3 is 2.52 bits per heavy atom. The molecule has 1 fully saturated rings. The average molecular weight is 383 g/mol. The molecule has 1 aromatic heterocycles. The van der Waals surface area contributed by atoms with Crippen LogP contribution in [0, 0.1) is 0 Å². The summed E-state index contributed by atoms with van der Waals surface area (Å²) in [5, 5.41) is 4.05. The van der Waals surface area contributed by atoms with E-state index in [1.807, 2.05) is 18.2 Å². The minimum Gasteiger partial charge on any atom is -0.334 e. The van der Waals surface area contributed by atoms with Crippen LogP contribution in [-0.4, -0.2) is 18.6 Å². The number of nitrogens with zero attached hydrogens (tertiary/aromatic N) is 2. The van der Waals surface area contributed by atoms with Crippen LogP contribution in [0.1, 0.15) is 37.1 Å². The van der Waals surface area contributed by atoms with E-state index >= 15 is 0 Å². The third kappa shape index (κ3) is 3.65. The Morgan fingerprint density at radius 1 is 1.04 bits per heavy atom. The second-order valence-corrected chi connectivity index (χ2v) is 9.05. The van der Waals surface area contributed by atoms with Crippen LogP contribution in [-0.2, 0) is 21.1 Å². The Kier molecular flexibility index (Phi) is 4.57. The highest BCUT2D eigenvalue weighted by molar-refractivity contribution is 7.90. The predicted molar refractivity (Wildman–Crippen MR) is 101 cm³/mol. The first-order chi connectivity index (χ1) is 13.0. The summed E-state index contributed by atoms with van der Waals surface area (Å²) < 4.78 is 30.9. The number of aromatic nitrogens is 2. The quantitative estimate of drug-likeness (QED) is 0.724. The molecule has 1 aliphatic rings. The molecular formula is C20H21N3O3S. The molecule has 4 rings (SSSR count). The van der Waals surface area contributed by atoms with Gasteiger partial charge in [0.15, 0.2) is 15.7 Å². The van der Waals surface area contributed by atoms with Crippen molar-refractivity contribution in [2.45, 2.75) is 41.9 Å². The van der Waals surface area contributed by atoms with Crippen molar-refractivity contribution < 1.29 is 12.9 Å². The number of sulfone groups is 1. The molecule has 140 valence electrons. The molecule has 0 spiro atoms. The molecule has 2 N–H and O–H groups in total. The summed E-state index contributed by atoms with van der Waals surface area (Å²) in [6.07, 6.45) is 3.76. The summed E-state index contributed by atoms with van der Waals surface area (Å²) in [5.41, 5.74) is 7.15. The number of rotatable bonds is 5. The van der Waals surface area contributed by atoms with Crippen LogP contribution in [0.2, 0.25) is 0 Å². The molecule has 7 heteroatoms. The van der Waals surface area contributed by atoms with Crippen molar-refractivity contribution in [3.63, 3.8) is 0 Å². The van der Waals surface area contributed by atoms with Crippen molar-refractivity contribution >= 4 is 9.84 Å². The minimum atomic E-state index is -3.48. The van der Waals surface area contributed by atoms with E-state index in [0.29, 0.717) is 17.3 Å². The molecule has 1 heterocycles. The van der Waals surface area contributed by atoms with Crippen molar-refractivity contribution in [2.24, 2.45) is 5.73 Å². The lowest BCUT2D eigenvalue weighted by Gasteiger charge is -2.17. The number of hydrogen-bond acceptors (Lipinski definition) is 6. The van der Waals surface area contributed by atoms with E-state index in [0.717, 1.165) is 31.2 Å². The number of nitrogens with two attached hydrogens (primary N) is 1. The molecule has 0 bridgehead atoms. The SMILES string of the molecule is NC1(c2noc(-c3cccc(S(=O)(=O)Cc4ccccc4)c3)n2)CCCC1. The molecule has 0 aliphatic heterocycles. The van der Waals surface area contributed by atoms with E-state index in [9.17, 15) is 8.42 Å². The van der Waals surface area contributed by atoms with E-state index < -0.39 is 15.4 Å². The Balaban J connectivity index is 1.62. The van der Waals surface area contributed by atoms with Crippen LogP contribution in [0.3, 0.4) is 0 Å². The van der Waals surface area contributed by atoms with Crippen LogP contribution in [0.25, 0.3) is 11.5 Å². The first kappa shape index (κ1) is 17.9. The molecular weight excluding hydrogens is 362 g/mol. The second kappa shape index (κ2) is 6.90. The largest absolute Gasteiger partial charge is 0.334 e. The van der Waals surface area contributed by atoms with Gasteiger partial charge in [0.05, 0.1) is 16.2 Å². The van der Waals surface area contributed by atoms with Crippen LogP contribution < -0.4 is 5.73 Å². The smallest absolute Gasteiger partial charge is 0.258 e. The first-order valence-electron chi connectivity index (χ1n) is 8.97. The van der Waals surface area contributed by atoms with Gasteiger partial charge >= 0.3 is 0 Å². The first-order valence-corrected chi connectivity index (χ1v) is 10.6. The van der Waals surface area contributed by atoms with Crippen LogP contribution in [0.15, 0.2) is 64.0 Å². The molecule has 1 saturated carbocycles. The van der Waals surface area contributed by atoms with E-state index in [1.54, 1.807) is 36.4 Å². The third-order valence-electron chi connectivity index (χ3n) is 5.01. The minimum absolute atomic E-state index is 0.0573. The van der Waals surface area contributed by atoms with Crippen molar-refractivity contribution in [1.82, 2.24) is 10.1 Å². The molecule has 3 aromatic rings. The van der Waals surface area contributed by atoms with Crippen LogP contribution >= 0.6 is 0 Å². The van der Waals surface area contributed by atoms with Crippen LogP contribution in [0.5, 0.6) is 0 Å². The van der Waals surface area contributed by atoms with Gasteiger partial charge in [-0.1, -0.05) is 54.4 Å². The molecule has 0 unspecified atom stereocenters. The van der Waals surface area contributed by atoms with Gasteiger partial charge in [0, 0.05) is 5.56 Å². The topological polar surface area (TPSA) is 99.1 Å². The van der Waals surface area contributed by atoms with E-state index in [2.05, 4.69) is 10.1 Å². The maximum Gasteiger partial charge on any atom is 0.258 e. The van der Waals surface area contributed by atoms with E-state index in [1.165, 1.54) is 0 Å². The second-order valence-electron chi connectivity index (χ2n) is 7.06. The molecule has 2 aromatic carbocycles. The molecule has 0 atom stereocenters. The fourth-order valence-corrected chi connectivity index (χ4v) is 4.86. The summed E-state index contributed by atoms with van der Waals surface area (Å²) in [6.45, 7) is 0. The zero-order chi connectivity index (χ0) is 18.9. The molecule has 27 heavy (non-hydrogen) atoms. The van der Waals surface area contributed by atoms with Gasteiger partial charge in [0.1, 0.15) is 0 Å². The summed E-state index contributed by atoms with van der Waals surface area (Å²) in [7, 11) is -3.48. The average Bonchev–Trinajstić information content (AvgIpc) is 3.33. The van der Waals surface area contributed by atoms with Gasteiger partial charge in [-0.25, -0.2) is 8.42 Å². The summed E-state index contributed by atoms with van der Waals surface area (Å²) in [4.78, 5) is 4.67. The fraction of sp³-hybridized carbons (Fsp3) is 0.300. The standard InChI is InChI=1S/C20H21N3O3S/c21-20(11-4-5-12-20)19-22-18(26-23-19)16-9-6-10-17(13-16)27(24,25)14-15-7-2-1-3-8-15/h1-3,6-10,13H,4-5,11-12,14,21H2. The zero-order valence-corrected chi connectivity index (χ0v) is 15.7. The molecule has 0 amide bonds. The van der Waals surface area contributed by atoms with E-state index in [-0.39, 0.29) is 10.6 Å². The predicted octanol–water partition coefficient (Wildman–Crippen LogP) is 3.44. The van der Waals surface area contributed by atoms with E-state index in [4.69, 9.17) is 10.3 Å². The van der Waals surface area contributed by atoms with Gasteiger partial charge in [-0.2, -0.15) is 4.98 Å². The Bertz CT molecular complexity index is 1040. The zero-order valence-electron chi connectivity index (χ0n) is 14.8. The van der Waals surface area contributed by atoms with Crippen LogP contribution in [0.4, 0.5) is 0 Å². The maximum absolute atomic E-state index is 12.8. The summed E-state index contributed by atoms with van der Waals surface area (Å²) in [5.74, 6) is 0.726. The van der Waals surface area contributed by atoms with Gasteiger partial charge in [0.2, 0.25) is 0 Å². The molecule has 1 aliphatic carbocycles. The van der Waals surface area contributed by atoms with Gasteiger partial charge in [-0.05, 0) is 36.6 Å². The lowest BCUT2D eigenvalue weighted by atomic mass is 9.99. The monoisotopic (exact) mass is 383 g/mol. The van der Waals surface area contributed by atoms with Gasteiger partial charge in [-0.15, -0.1) is 0 Å². The Labute approximate surface area is 158 Å². The normalized spacial score (nSPS) is 16.5. The number of benzene rings is 2. The molecule has 0 saturated heterocycles.